The van der Waals surface area contributed by atoms with Crippen LogP contribution >= 0.6 is 15.9 Å². The van der Waals surface area contributed by atoms with Crippen LogP contribution in [0.1, 0.15) is 5.69 Å². The van der Waals surface area contributed by atoms with Crippen molar-refractivity contribution in [3.8, 4) is 11.5 Å². The lowest BCUT2D eigenvalue weighted by Gasteiger charge is -2.00. The molecule has 1 N–H and O–H groups in total. The van der Waals surface area contributed by atoms with Gasteiger partial charge in [0.15, 0.2) is 5.82 Å². The Balaban J connectivity index is 2.54. The molecule has 0 aliphatic heterocycles. The molecule has 76 valence electrons. The van der Waals surface area contributed by atoms with E-state index in [9.17, 15) is 4.79 Å². The zero-order valence-electron chi connectivity index (χ0n) is 7.99. The summed E-state index contributed by atoms with van der Waals surface area (Å²) in [4.78, 5) is 22.2. The first-order valence-corrected chi connectivity index (χ1v) is 5.14. The van der Waals surface area contributed by atoms with Gasteiger partial charge < -0.3 is 4.98 Å². The van der Waals surface area contributed by atoms with E-state index in [-0.39, 0.29) is 5.56 Å². The van der Waals surface area contributed by atoms with E-state index in [1.807, 2.05) is 6.07 Å². The van der Waals surface area contributed by atoms with E-state index in [1.165, 1.54) is 6.07 Å². The fourth-order valence-corrected chi connectivity index (χ4v) is 1.45. The molecule has 0 saturated heterocycles. The Kier molecular flexibility index (Phi) is 2.64. The molecule has 0 spiro atoms. The van der Waals surface area contributed by atoms with Crippen LogP contribution in [0.3, 0.4) is 0 Å². The lowest BCUT2D eigenvalue weighted by molar-refractivity contribution is 1.06. The second-order valence-corrected chi connectivity index (χ2v) is 4.01. The van der Waals surface area contributed by atoms with Gasteiger partial charge >= 0.3 is 0 Å². The van der Waals surface area contributed by atoms with E-state index >= 15 is 0 Å². The van der Waals surface area contributed by atoms with Crippen molar-refractivity contribution in [1.29, 1.82) is 0 Å². The topological polar surface area (TPSA) is 58.6 Å². The van der Waals surface area contributed by atoms with E-state index in [0.29, 0.717) is 17.2 Å². The number of rotatable bonds is 1. The molecule has 0 amide bonds. The van der Waals surface area contributed by atoms with Gasteiger partial charge in [-0.2, -0.15) is 0 Å². The highest BCUT2D eigenvalue weighted by Gasteiger charge is 2.02. The number of hydrogen-bond acceptors (Lipinski definition) is 3. The Morgan fingerprint density at radius 1 is 1.40 bits per heavy atom. The largest absolute Gasteiger partial charge is 0.305 e. The van der Waals surface area contributed by atoms with Crippen LogP contribution < -0.4 is 5.56 Å². The SMILES string of the molecule is Cc1cc(=O)[nH]c(-c2ccc(Br)cn2)n1. The molecule has 0 bridgehead atoms. The van der Waals surface area contributed by atoms with Crippen molar-refractivity contribution in [3.63, 3.8) is 0 Å². The van der Waals surface area contributed by atoms with Gasteiger partial charge in [0.05, 0.1) is 0 Å². The summed E-state index contributed by atoms with van der Waals surface area (Å²) in [5, 5.41) is 0. The molecule has 15 heavy (non-hydrogen) atoms. The van der Waals surface area contributed by atoms with Crippen LogP contribution in [0.4, 0.5) is 0 Å². The standard InChI is InChI=1S/C10H8BrN3O/c1-6-4-9(15)14-10(13-6)8-3-2-7(11)5-12-8/h2-5H,1H3,(H,13,14,15). The van der Waals surface area contributed by atoms with Crippen molar-refractivity contribution >= 4 is 15.9 Å². The summed E-state index contributed by atoms with van der Waals surface area (Å²) in [5.74, 6) is 0.493. The number of pyridine rings is 1. The molecule has 2 rings (SSSR count). The predicted octanol–water partition coefficient (Wildman–Crippen LogP) is 1.90. The first kappa shape index (κ1) is 10.0. The minimum Gasteiger partial charge on any atom is -0.305 e. The van der Waals surface area contributed by atoms with Crippen LogP contribution in [-0.2, 0) is 0 Å². The number of nitrogens with zero attached hydrogens (tertiary/aromatic N) is 2. The van der Waals surface area contributed by atoms with E-state index in [1.54, 1.807) is 19.2 Å². The lowest BCUT2D eigenvalue weighted by Crippen LogP contribution is -2.09. The third-order valence-electron chi connectivity index (χ3n) is 1.84. The minimum atomic E-state index is -0.165. The summed E-state index contributed by atoms with van der Waals surface area (Å²) in [7, 11) is 0. The molecule has 5 heteroatoms. The van der Waals surface area contributed by atoms with Gasteiger partial charge in [-0.05, 0) is 35.0 Å². The quantitative estimate of drug-likeness (QED) is 0.857. The highest BCUT2D eigenvalue weighted by Crippen LogP contribution is 2.13. The maximum atomic E-state index is 11.2. The summed E-state index contributed by atoms with van der Waals surface area (Å²) in [6.07, 6.45) is 1.66. The van der Waals surface area contributed by atoms with E-state index in [2.05, 4.69) is 30.9 Å². The van der Waals surface area contributed by atoms with Crippen LogP contribution in [-0.4, -0.2) is 15.0 Å². The molecule has 0 aromatic carbocycles. The van der Waals surface area contributed by atoms with Crippen molar-refractivity contribution < 1.29 is 0 Å². The third-order valence-corrected chi connectivity index (χ3v) is 2.31. The van der Waals surface area contributed by atoms with Gasteiger partial charge in [-0.3, -0.25) is 9.78 Å². The Morgan fingerprint density at radius 2 is 2.20 bits per heavy atom. The van der Waals surface area contributed by atoms with E-state index in [4.69, 9.17) is 0 Å². The zero-order chi connectivity index (χ0) is 10.8. The maximum absolute atomic E-state index is 11.2. The smallest absolute Gasteiger partial charge is 0.251 e. The Hall–Kier alpha value is -1.49. The molecular formula is C10H8BrN3O. The van der Waals surface area contributed by atoms with Crippen LogP contribution in [0, 0.1) is 6.92 Å². The Morgan fingerprint density at radius 3 is 2.80 bits per heavy atom. The fourth-order valence-electron chi connectivity index (χ4n) is 1.22. The average molecular weight is 266 g/mol. The molecular weight excluding hydrogens is 258 g/mol. The van der Waals surface area contributed by atoms with Crippen LogP contribution in [0.2, 0.25) is 0 Å². The monoisotopic (exact) mass is 265 g/mol. The Bertz CT molecular complexity index is 533. The van der Waals surface area contributed by atoms with Gasteiger partial charge in [-0.1, -0.05) is 0 Å². The molecule has 0 aliphatic rings. The first-order chi connectivity index (χ1) is 7.15. The van der Waals surface area contributed by atoms with Gasteiger partial charge in [0.1, 0.15) is 5.69 Å². The molecule has 0 fully saturated rings. The predicted molar refractivity (Wildman–Crippen MR) is 60.5 cm³/mol. The highest BCUT2D eigenvalue weighted by molar-refractivity contribution is 9.10. The molecule has 0 atom stereocenters. The Labute approximate surface area is 94.5 Å². The van der Waals surface area contributed by atoms with Gasteiger partial charge in [0.25, 0.3) is 5.56 Å². The van der Waals surface area contributed by atoms with Gasteiger partial charge in [0.2, 0.25) is 0 Å². The molecule has 2 heterocycles. The normalized spacial score (nSPS) is 10.3. The molecule has 0 unspecified atom stereocenters. The summed E-state index contributed by atoms with van der Waals surface area (Å²) in [5.41, 5.74) is 1.17. The summed E-state index contributed by atoms with van der Waals surface area (Å²) in [6, 6.07) is 5.09. The van der Waals surface area contributed by atoms with E-state index in [0.717, 1.165) is 4.47 Å². The van der Waals surface area contributed by atoms with Crippen molar-refractivity contribution in [1.82, 2.24) is 15.0 Å². The molecule has 2 aromatic heterocycles. The van der Waals surface area contributed by atoms with Crippen LogP contribution in [0.15, 0.2) is 33.7 Å². The number of nitrogens with one attached hydrogen (secondary N) is 1. The maximum Gasteiger partial charge on any atom is 0.251 e. The van der Waals surface area contributed by atoms with Gasteiger partial charge in [0, 0.05) is 22.4 Å². The molecule has 0 saturated carbocycles. The first-order valence-electron chi connectivity index (χ1n) is 4.35. The summed E-state index contributed by atoms with van der Waals surface area (Å²) >= 11 is 3.29. The van der Waals surface area contributed by atoms with Crippen LogP contribution in [0.5, 0.6) is 0 Å². The van der Waals surface area contributed by atoms with Crippen molar-refractivity contribution in [2.24, 2.45) is 0 Å². The van der Waals surface area contributed by atoms with Gasteiger partial charge in [-0.25, -0.2) is 4.98 Å². The molecule has 4 nitrogen and oxygen atoms in total. The molecule has 0 aliphatic carbocycles. The number of halogens is 1. The zero-order valence-corrected chi connectivity index (χ0v) is 9.58. The number of aryl methyl sites for hydroxylation is 1. The molecule has 0 radical (unpaired) electrons. The average Bonchev–Trinajstić information content (AvgIpc) is 2.17. The number of aromatic amines is 1. The highest BCUT2D eigenvalue weighted by atomic mass is 79.9. The number of aromatic nitrogens is 3. The van der Waals surface area contributed by atoms with Gasteiger partial charge in [-0.15, -0.1) is 0 Å². The summed E-state index contributed by atoms with van der Waals surface area (Å²) < 4.78 is 0.890. The minimum absolute atomic E-state index is 0.165. The van der Waals surface area contributed by atoms with Crippen molar-refractivity contribution in [3.05, 3.63) is 44.9 Å². The third kappa shape index (κ3) is 2.30. The lowest BCUT2D eigenvalue weighted by atomic mass is 10.3. The van der Waals surface area contributed by atoms with Crippen LogP contribution in [0.25, 0.3) is 11.5 Å². The number of hydrogen-bond donors (Lipinski definition) is 1. The fraction of sp³-hybridized carbons (Fsp3) is 0.100. The second-order valence-electron chi connectivity index (χ2n) is 3.10. The second kappa shape index (κ2) is 3.94. The van der Waals surface area contributed by atoms with Crippen molar-refractivity contribution in [2.75, 3.05) is 0 Å². The number of H-pyrrole nitrogens is 1. The molecule has 2 aromatic rings. The van der Waals surface area contributed by atoms with E-state index < -0.39 is 0 Å². The van der Waals surface area contributed by atoms with Crippen molar-refractivity contribution in [2.45, 2.75) is 6.92 Å². The summed E-state index contributed by atoms with van der Waals surface area (Å²) in [6.45, 7) is 1.78.